The van der Waals surface area contributed by atoms with Crippen molar-refractivity contribution >= 4 is 11.6 Å². The van der Waals surface area contributed by atoms with Gasteiger partial charge in [0.1, 0.15) is 11.5 Å². The van der Waals surface area contributed by atoms with Crippen LogP contribution in [0.4, 0.5) is 14.5 Å². The van der Waals surface area contributed by atoms with Crippen LogP contribution in [0.25, 0.3) is 22.5 Å². The Morgan fingerprint density at radius 1 is 0.943 bits per heavy atom. The summed E-state index contributed by atoms with van der Waals surface area (Å²) >= 11 is 0. The van der Waals surface area contributed by atoms with Gasteiger partial charge >= 0.3 is 0 Å². The summed E-state index contributed by atoms with van der Waals surface area (Å²) in [6.45, 7) is 9.38. The number of imidazole rings is 1. The first-order valence-electron chi connectivity index (χ1n) is 11.6. The standard InChI is InChI=1S/C29H29F2N3O/c1-6-29(30,31)21-11-9-12-22(16-21)33-28(35)26-20(5)32-27(34-26)25-15-17(2)14-24(19(25)4)23-13-8-7-10-18(23)3/h7-16H,6H2,1-5H3,(H,32,34)(H,33,35). The molecular weight excluding hydrogens is 444 g/mol. The molecule has 0 unspecified atom stereocenters. The summed E-state index contributed by atoms with van der Waals surface area (Å²) in [5, 5.41) is 2.72. The second kappa shape index (κ2) is 9.45. The van der Waals surface area contributed by atoms with E-state index in [4.69, 9.17) is 0 Å². The lowest BCUT2D eigenvalue weighted by Crippen LogP contribution is -2.16. The average Bonchev–Trinajstić information content (AvgIpc) is 3.22. The molecule has 0 aliphatic rings. The summed E-state index contributed by atoms with van der Waals surface area (Å²) in [4.78, 5) is 20.9. The maximum atomic E-state index is 14.1. The molecule has 4 rings (SSSR count). The van der Waals surface area contributed by atoms with Gasteiger partial charge in [-0.25, -0.2) is 13.8 Å². The third-order valence-corrected chi connectivity index (χ3v) is 6.33. The van der Waals surface area contributed by atoms with Crippen molar-refractivity contribution in [2.24, 2.45) is 0 Å². The fourth-order valence-corrected chi connectivity index (χ4v) is 4.29. The van der Waals surface area contributed by atoms with Crippen LogP contribution < -0.4 is 5.32 Å². The molecule has 0 saturated carbocycles. The molecule has 1 amide bonds. The molecule has 35 heavy (non-hydrogen) atoms. The van der Waals surface area contributed by atoms with Crippen LogP contribution in [0.2, 0.25) is 0 Å². The highest BCUT2D eigenvalue weighted by Gasteiger charge is 2.29. The van der Waals surface area contributed by atoms with Crippen molar-refractivity contribution in [1.29, 1.82) is 0 Å². The molecule has 0 radical (unpaired) electrons. The molecule has 1 heterocycles. The Kier molecular flexibility index (Phi) is 6.57. The normalized spacial score (nSPS) is 11.5. The van der Waals surface area contributed by atoms with Gasteiger partial charge in [-0.2, -0.15) is 0 Å². The topological polar surface area (TPSA) is 57.8 Å². The molecule has 0 fully saturated rings. The Morgan fingerprint density at radius 3 is 2.37 bits per heavy atom. The number of aryl methyl sites for hydroxylation is 3. The third kappa shape index (κ3) is 4.87. The van der Waals surface area contributed by atoms with E-state index in [1.165, 1.54) is 30.7 Å². The van der Waals surface area contributed by atoms with E-state index in [2.05, 4.69) is 40.4 Å². The quantitative estimate of drug-likeness (QED) is 0.301. The molecule has 2 N–H and O–H groups in total. The first-order chi connectivity index (χ1) is 16.6. The number of halogens is 2. The first-order valence-corrected chi connectivity index (χ1v) is 11.6. The highest BCUT2D eigenvalue weighted by Crippen LogP contribution is 2.35. The minimum absolute atomic E-state index is 0.128. The first kappa shape index (κ1) is 24.3. The van der Waals surface area contributed by atoms with Gasteiger partial charge in [-0.05, 0) is 73.7 Å². The Labute approximate surface area is 204 Å². The van der Waals surface area contributed by atoms with Crippen molar-refractivity contribution in [3.05, 3.63) is 94.3 Å². The number of amides is 1. The van der Waals surface area contributed by atoms with E-state index in [1.54, 1.807) is 13.0 Å². The van der Waals surface area contributed by atoms with Gasteiger partial charge in [0.2, 0.25) is 0 Å². The molecule has 0 spiro atoms. The van der Waals surface area contributed by atoms with Crippen LogP contribution in [0, 0.1) is 27.7 Å². The summed E-state index contributed by atoms with van der Waals surface area (Å²) in [6.07, 6.45) is -0.313. The van der Waals surface area contributed by atoms with E-state index in [1.807, 2.05) is 32.0 Å². The van der Waals surface area contributed by atoms with Crippen molar-refractivity contribution in [1.82, 2.24) is 9.97 Å². The van der Waals surface area contributed by atoms with E-state index in [-0.39, 0.29) is 17.7 Å². The fraction of sp³-hybridized carbons (Fsp3) is 0.241. The Balaban J connectivity index is 1.68. The zero-order valence-electron chi connectivity index (χ0n) is 20.6. The zero-order chi connectivity index (χ0) is 25.3. The Morgan fingerprint density at radius 2 is 1.66 bits per heavy atom. The predicted octanol–water partition coefficient (Wildman–Crippen LogP) is 7.73. The molecule has 0 aliphatic carbocycles. The molecule has 4 nitrogen and oxygen atoms in total. The van der Waals surface area contributed by atoms with Crippen LogP contribution in [0.5, 0.6) is 0 Å². The summed E-state index contributed by atoms with van der Waals surface area (Å²) in [6, 6.07) is 18.2. The fourth-order valence-electron chi connectivity index (χ4n) is 4.29. The van der Waals surface area contributed by atoms with E-state index in [0.717, 1.165) is 27.8 Å². The number of carbonyl (C=O) groups is 1. The maximum Gasteiger partial charge on any atom is 0.276 e. The summed E-state index contributed by atoms with van der Waals surface area (Å²) in [5.41, 5.74) is 7.50. The highest BCUT2D eigenvalue weighted by molar-refractivity contribution is 6.04. The van der Waals surface area contributed by atoms with Crippen molar-refractivity contribution in [3.63, 3.8) is 0 Å². The smallest absolute Gasteiger partial charge is 0.276 e. The number of rotatable bonds is 6. The molecule has 180 valence electrons. The number of aromatic amines is 1. The van der Waals surface area contributed by atoms with Gasteiger partial charge in [-0.15, -0.1) is 0 Å². The average molecular weight is 474 g/mol. The summed E-state index contributed by atoms with van der Waals surface area (Å²) < 4.78 is 28.2. The lowest BCUT2D eigenvalue weighted by Gasteiger charge is -2.15. The van der Waals surface area contributed by atoms with Crippen LogP contribution in [-0.4, -0.2) is 15.9 Å². The van der Waals surface area contributed by atoms with Crippen molar-refractivity contribution in [2.45, 2.75) is 47.0 Å². The number of H-pyrrole nitrogens is 1. The molecule has 6 heteroatoms. The molecule has 0 bridgehead atoms. The van der Waals surface area contributed by atoms with E-state index in [9.17, 15) is 13.6 Å². The van der Waals surface area contributed by atoms with E-state index < -0.39 is 11.8 Å². The van der Waals surface area contributed by atoms with Crippen LogP contribution in [-0.2, 0) is 5.92 Å². The van der Waals surface area contributed by atoms with Gasteiger partial charge in [-0.3, -0.25) is 4.79 Å². The van der Waals surface area contributed by atoms with Crippen molar-refractivity contribution in [2.75, 3.05) is 5.32 Å². The zero-order valence-corrected chi connectivity index (χ0v) is 20.6. The number of alkyl halides is 2. The molecule has 0 aliphatic heterocycles. The van der Waals surface area contributed by atoms with Gasteiger partial charge in [0.25, 0.3) is 11.8 Å². The number of hydrogen-bond donors (Lipinski definition) is 2. The second-order valence-electron chi connectivity index (χ2n) is 8.95. The summed E-state index contributed by atoms with van der Waals surface area (Å²) in [7, 11) is 0. The number of aromatic nitrogens is 2. The second-order valence-corrected chi connectivity index (χ2v) is 8.95. The largest absolute Gasteiger partial charge is 0.341 e. The van der Waals surface area contributed by atoms with Gasteiger partial charge < -0.3 is 10.3 Å². The lowest BCUT2D eigenvalue weighted by molar-refractivity contribution is -0.00824. The Hall–Kier alpha value is -3.80. The van der Waals surface area contributed by atoms with E-state index >= 15 is 0 Å². The van der Waals surface area contributed by atoms with Crippen LogP contribution in [0.15, 0.2) is 60.7 Å². The Bertz CT molecular complexity index is 1410. The molecule has 4 aromatic rings. The number of anilines is 1. The molecular formula is C29H29F2N3O. The van der Waals surface area contributed by atoms with Crippen molar-refractivity contribution < 1.29 is 13.6 Å². The minimum atomic E-state index is -2.95. The molecule has 0 atom stereocenters. The molecule has 1 aromatic heterocycles. The summed E-state index contributed by atoms with van der Waals surface area (Å²) in [5.74, 6) is -2.81. The highest BCUT2D eigenvalue weighted by atomic mass is 19.3. The van der Waals surface area contributed by atoms with Gasteiger partial charge in [-0.1, -0.05) is 49.4 Å². The molecule has 0 saturated heterocycles. The number of hydrogen-bond acceptors (Lipinski definition) is 2. The van der Waals surface area contributed by atoms with Crippen molar-refractivity contribution in [3.8, 4) is 22.5 Å². The predicted molar refractivity (Wildman–Crippen MR) is 137 cm³/mol. The van der Waals surface area contributed by atoms with Gasteiger partial charge in [0.15, 0.2) is 0 Å². The van der Waals surface area contributed by atoms with Crippen LogP contribution in [0.1, 0.15) is 51.8 Å². The van der Waals surface area contributed by atoms with Crippen LogP contribution in [0.3, 0.4) is 0 Å². The number of benzene rings is 3. The number of nitrogens with zero attached hydrogens (tertiary/aromatic N) is 1. The third-order valence-electron chi connectivity index (χ3n) is 6.33. The lowest BCUT2D eigenvalue weighted by atomic mass is 9.91. The van der Waals surface area contributed by atoms with Gasteiger partial charge in [0, 0.05) is 28.9 Å². The molecule has 3 aromatic carbocycles. The minimum Gasteiger partial charge on any atom is -0.341 e. The number of carbonyl (C=O) groups excluding carboxylic acids is 1. The van der Waals surface area contributed by atoms with Crippen LogP contribution >= 0.6 is 0 Å². The van der Waals surface area contributed by atoms with E-state index in [0.29, 0.717) is 17.2 Å². The monoisotopic (exact) mass is 473 g/mol. The van der Waals surface area contributed by atoms with Gasteiger partial charge in [0.05, 0.1) is 0 Å². The SMILES string of the molecule is CCC(F)(F)c1cccc(NC(=O)c2nc(-c3cc(C)cc(-c4ccccc4C)c3C)[nH]c2C)c1. The number of nitrogens with one attached hydrogen (secondary N) is 2. The maximum absolute atomic E-state index is 14.1.